The van der Waals surface area contributed by atoms with Gasteiger partial charge in [0.1, 0.15) is 6.54 Å². The van der Waals surface area contributed by atoms with Crippen LogP contribution < -0.4 is 11.1 Å². The normalized spacial score (nSPS) is 17.1. The fourth-order valence-electron chi connectivity index (χ4n) is 1.53. The van der Waals surface area contributed by atoms with E-state index in [0.717, 1.165) is 4.90 Å². The molecule has 2 rings (SSSR count). The summed E-state index contributed by atoms with van der Waals surface area (Å²) >= 11 is 0. The number of hydrogen-bond donors (Lipinski definition) is 2. The third-order valence-electron chi connectivity index (χ3n) is 2.48. The molecule has 92 valence electrons. The summed E-state index contributed by atoms with van der Waals surface area (Å²) < 4.78 is 1.38. The fraction of sp³-hybridized carbons (Fsp3) is 0.556. The van der Waals surface area contributed by atoms with E-state index in [1.54, 1.807) is 13.1 Å². The van der Waals surface area contributed by atoms with Gasteiger partial charge in [0, 0.05) is 19.1 Å². The van der Waals surface area contributed by atoms with Crippen molar-refractivity contribution in [3.05, 3.63) is 11.9 Å². The van der Waals surface area contributed by atoms with Crippen LogP contribution in [0.15, 0.2) is 6.20 Å². The predicted molar refractivity (Wildman–Crippen MR) is 57.7 cm³/mol. The van der Waals surface area contributed by atoms with E-state index in [1.165, 1.54) is 4.68 Å². The van der Waals surface area contributed by atoms with Crippen LogP contribution in [0.1, 0.15) is 18.7 Å². The second-order valence-corrected chi connectivity index (χ2v) is 3.91. The average molecular weight is 238 g/mol. The molecule has 3 amide bonds. The molecule has 2 heterocycles. The van der Waals surface area contributed by atoms with Gasteiger partial charge in [0.2, 0.25) is 0 Å². The zero-order valence-corrected chi connectivity index (χ0v) is 9.46. The van der Waals surface area contributed by atoms with E-state index >= 15 is 0 Å². The van der Waals surface area contributed by atoms with Crippen molar-refractivity contribution in [2.45, 2.75) is 19.5 Å². The average Bonchev–Trinajstić information content (AvgIpc) is 2.86. The van der Waals surface area contributed by atoms with Crippen molar-refractivity contribution in [2.24, 2.45) is 5.73 Å². The van der Waals surface area contributed by atoms with Crippen LogP contribution in [-0.2, 0) is 11.3 Å². The standard InChI is InChI=1S/C9H14N6O2/c1-6(10)7-4-14(13-12-7)5-8(16)15-3-2-11-9(15)17/h4,6H,2-3,5,10H2,1H3,(H,11,17). The maximum absolute atomic E-state index is 11.7. The molecule has 1 atom stereocenters. The summed E-state index contributed by atoms with van der Waals surface area (Å²) in [5.74, 6) is -0.305. The van der Waals surface area contributed by atoms with Crippen LogP contribution in [-0.4, -0.2) is 44.9 Å². The molecule has 1 aromatic rings. The molecule has 1 saturated heterocycles. The number of amides is 3. The number of carbonyl (C=O) groups is 2. The zero-order chi connectivity index (χ0) is 12.4. The highest BCUT2D eigenvalue weighted by molar-refractivity contribution is 5.95. The third-order valence-corrected chi connectivity index (χ3v) is 2.48. The highest BCUT2D eigenvalue weighted by atomic mass is 16.2. The summed E-state index contributed by atoms with van der Waals surface area (Å²) in [6.07, 6.45) is 1.61. The molecular weight excluding hydrogens is 224 g/mol. The van der Waals surface area contributed by atoms with Crippen LogP contribution >= 0.6 is 0 Å². The lowest BCUT2D eigenvalue weighted by Gasteiger charge is -2.11. The molecule has 17 heavy (non-hydrogen) atoms. The van der Waals surface area contributed by atoms with Crippen molar-refractivity contribution in [1.29, 1.82) is 0 Å². The number of nitrogens with two attached hydrogens (primary N) is 1. The predicted octanol–water partition coefficient (Wildman–Crippen LogP) is -1.15. The topological polar surface area (TPSA) is 106 Å². The van der Waals surface area contributed by atoms with Crippen molar-refractivity contribution < 1.29 is 9.59 Å². The molecule has 1 fully saturated rings. The van der Waals surface area contributed by atoms with E-state index < -0.39 is 0 Å². The Morgan fingerprint density at radius 1 is 1.71 bits per heavy atom. The SMILES string of the molecule is CC(N)c1cn(CC(=O)N2CCNC2=O)nn1. The van der Waals surface area contributed by atoms with Crippen LogP contribution in [0.5, 0.6) is 0 Å². The monoisotopic (exact) mass is 238 g/mol. The number of nitrogens with zero attached hydrogens (tertiary/aromatic N) is 4. The first-order chi connectivity index (χ1) is 8.08. The lowest BCUT2D eigenvalue weighted by Crippen LogP contribution is -2.36. The molecule has 8 nitrogen and oxygen atoms in total. The summed E-state index contributed by atoms with van der Waals surface area (Å²) in [6, 6.07) is -0.587. The van der Waals surface area contributed by atoms with Crippen molar-refractivity contribution in [1.82, 2.24) is 25.2 Å². The molecule has 0 bridgehead atoms. The van der Waals surface area contributed by atoms with Gasteiger partial charge in [0.25, 0.3) is 5.91 Å². The van der Waals surface area contributed by atoms with Gasteiger partial charge in [-0.2, -0.15) is 0 Å². The number of imide groups is 1. The van der Waals surface area contributed by atoms with E-state index in [9.17, 15) is 9.59 Å². The lowest BCUT2D eigenvalue weighted by molar-refractivity contribution is -0.128. The molecule has 1 unspecified atom stereocenters. The smallest absolute Gasteiger partial charge is 0.324 e. The van der Waals surface area contributed by atoms with Crippen molar-refractivity contribution in [3.63, 3.8) is 0 Å². The summed E-state index contributed by atoms with van der Waals surface area (Å²) in [6.45, 7) is 2.66. The Labute approximate surface area is 97.7 Å². The zero-order valence-electron chi connectivity index (χ0n) is 9.46. The number of urea groups is 1. The Bertz CT molecular complexity index is 440. The Morgan fingerprint density at radius 3 is 3.00 bits per heavy atom. The number of carbonyl (C=O) groups excluding carboxylic acids is 2. The Morgan fingerprint density at radius 2 is 2.47 bits per heavy atom. The summed E-state index contributed by atoms with van der Waals surface area (Å²) in [5.41, 5.74) is 6.24. The van der Waals surface area contributed by atoms with Gasteiger partial charge in [0.15, 0.2) is 0 Å². The van der Waals surface area contributed by atoms with Gasteiger partial charge in [0.05, 0.1) is 11.9 Å². The Kier molecular flexibility index (Phi) is 3.05. The molecule has 0 aliphatic carbocycles. The molecule has 0 aromatic carbocycles. The van der Waals surface area contributed by atoms with Gasteiger partial charge in [-0.15, -0.1) is 5.10 Å². The van der Waals surface area contributed by atoms with E-state index in [4.69, 9.17) is 5.73 Å². The molecule has 8 heteroatoms. The van der Waals surface area contributed by atoms with Crippen LogP contribution in [0.3, 0.4) is 0 Å². The second-order valence-electron chi connectivity index (χ2n) is 3.91. The maximum atomic E-state index is 11.7. The first-order valence-corrected chi connectivity index (χ1v) is 5.31. The quantitative estimate of drug-likeness (QED) is 0.691. The Balaban J connectivity index is 2.00. The van der Waals surface area contributed by atoms with E-state index in [0.29, 0.717) is 18.8 Å². The highest BCUT2D eigenvalue weighted by Gasteiger charge is 2.26. The van der Waals surface area contributed by atoms with Crippen molar-refractivity contribution in [3.8, 4) is 0 Å². The van der Waals surface area contributed by atoms with Crippen molar-refractivity contribution in [2.75, 3.05) is 13.1 Å². The van der Waals surface area contributed by atoms with Gasteiger partial charge in [-0.3, -0.25) is 9.69 Å². The van der Waals surface area contributed by atoms with Crippen LogP contribution in [0, 0.1) is 0 Å². The Hall–Kier alpha value is -1.96. The molecule has 0 saturated carbocycles. The van der Waals surface area contributed by atoms with Crippen LogP contribution in [0.25, 0.3) is 0 Å². The number of rotatable bonds is 3. The first-order valence-electron chi connectivity index (χ1n) is 5.31. The van der Waals surface area contributed by atoms with Gasteiger partial charge in [-0.25, -0.2) is 9.48 Å². The summed E-state index contributed by atoms with van der Waals surface area (Å²) in [5, 5.41) is 10.2. The third kappa shape index (κ3) is 2.41. The summed E-state index contributed by atoms with van der Waals surface area (Å²) in [4.78, 5) is 24.2. The second kappa shape index (κ2) is 4.50. The summed E-state index contributed by atoms with van der Waals surface area (Å²) in [7, 11) is 0. The van der Waals surface area contributed by atoms with Gasteiger partial charge in [-0.1, -0.05) is 5.21 Å². The van der Waals surface area contributed by atoms with Crippen LogP contribution in [0.4, 0.5) is 4.79 Å². The minimum Gasteiger partial charge on any atom is -0.336 e. The fourth-order valence-corrected chi connectivity index (χ4v) is 1.53. The molecule has 3 N–H and O–H groups in total. The first kappa shape index (κ1) is 11.5. The van der Waals surface area contributed by atoms with E-state index in [2.05, 4.69) is 15.6 Å². The minimum atomic E-state index is -0.359. The van der Waals surface area contributed by atoms with Gasteiger partial charge >= 0.3 is 6.03 Å². The molecule has 1 aromatic heterocycles. The minimum absolute atomic E-state index is 0.00681. The maximum Gasteiger partial charge on any atom is 0.324 e. The number of aromatic nitrogens is 3. The molecule has 0 radical (unpaired) electrons. The van der Waals surface area contributed by atoms with Crippen LogP contribution in [0.2, 0.25) is 0 Å². The van der Waals surface area contributed by atoms with Gasteiger partial charge < -0.3 is 11.1 Å². The molecular formula is C9H14N6O2. The number of hydrogen-bond acceptors (Lipinski definition) is 5. The van der Waals surface area contributed by atoms with E-state index in [-0.39, 0.29) is 24.5 Å². The van der Waals surface area contributed by atoms with Gasteiger partial charge in [-0.05, 0) is 6.92 Å². The molecule has 1 aliphatic heterocycles. The lowest BCUT2D eigenvalue weighted by atomic mass is 10.3. The molecule has 1 aliphatic rings. The largest absolute Gasteiger partial charge is 0.336 e. The molecule has 0 spiro atoms. The van der Waals surface area contributed by atoms with E-state index in [1.807, 2.05) is 0 Å². The highest BCUT2D eigenvalue weighted by Crippen LogP contribution is 2.04. The number of nitrogens with one attached hydrogen (secondary N) is 1. The van der Waals surface area contributed by atoms with Crippen molar-refractivity contribution >= 4 is 11.9 Å².